The van der Waals surface area contributed by atoms with E-state index < -0.39 is 11.5 Å². The van der Waals surface area contributed by atoms with Crippen LogP contribution in [0.5, 0.6) is 0 Å². The summed E-state index contributed by atoms with van der Waals surface area (Å²) in [6.45, 7) is 5.85. The summed E-state index contributed by atoms with van der Waals surface area (Å²) in [5, 5.41) is 14.8. The summed E-state index contributed by atoms with van der Waals surface area (Å²) >= 11 is 0. The van der Waals surface area contributed by atoms with E-state index >= 15 is 0 Å². The van der Waals surface area contributed by atoms with Crippen LogP contribution in [0, 0.1) is 13.8 Å². The number of piperidine rings is 1. The van der Waals surface area contributed by atoms with E-state index in [1.165, 1.54) is 0 Å². The van der Waals surface area contributed by atoms with Crippen LogP contribution in [0.4, 0.5) is 0 Å². The largest absolute Gasteiger partial charge is 0.379 e. The van der Waals surface area contributed by atoms with E-state index in [-0.39, 0.29) is 0 Å². The number of hydrogen-bond donors (Lipinski definition) is 2. The monoisotopic (exact) mass is 328 g/mol. The third-order valence-electron chi connectivity index (χ3n) is 4.61. The van der Waals surface area contributed by atoms with Gasteiger partial charge in [-0.05, 0) is 57.0 Å². The lowest BCUT2D eigenvalue weighted by atomic mass is 9.92. The highest BCUT2D eigenvalue weighted by atomic mass is 16.3. The average Bonchev–Trinajstić information content (AvgIpc) is 2.87. The van der Waals surface area contributed by atoms with Crippen molar-refractivity contribution in [2.75, 3.05) is 13.1 Å². The first-order chi connectivity index (χ1) is 11.4. The number of hydrogen-bond acceptors (Lipinski definition) is 4. The van der Waals surface area contributed by atoms with Crippen LogP contribution >= 0.6 is 0 Å². The number of aryl methyl sites for hydroxylation is 2. The van der Waals surface area contributed by atoms with Crippen LogP contribution in [0.2, 0.25) is 0 Å². The zero-order valence-corrected chi connectivity index (χ0v) is 14.2. The Morgan fingerprint density at radius 1 is 1.33 bits per heavy atom. The van der Waals surface area contributed by atoms with Gasteiger partial charge in [-0.1, -0.05) is 12.1 Å². The van der Waals surface area contributed by atoms with Crippen LogP contribution < -0.4 is 5.73 Å². The molecule has 6 heteroatoms. The Hall–Kier alpha value is -2.18. The minimum atomic E-state index is -1.40. The van der Waals surface area contributed by atoms with E-state index in [1.54, 1.807) is 0 Å². The fourth-order valence-corrected chi connectivity index (χ4v) is 3.35. The Balaban J connectivity index is 1.70. The lowest BCUT2D eigenvalue weighted by Crippen LogP contribution is -2.55. The summed E-state index contributed by atoms with van der Waals surface area (Å²) in [5.41, 5.74) is 8.19. The van der Waals surface area contributed by atoms with Gasteiger partial charge in [0.05, 0.1) is 11.4 Å². The molecule has 0 aliphatic carbocycles. The van der Waals surface area contributed by atoms with Gasteiger partial charge in [-0.3, -0.25) is 9.69 Å². The summed E-state index contributed by atoms with van der Waals surface area (Å²) in [6, 6.07) is 10.2. The van der Waals surface area contributed by atoms with Crippen molar-refractivity contribution in [2.24, 2.45) is 5.73 Å². The Morgan fingerprint density at radius 3 is 2.62 bits per heavy atom. The predicted molar refractivity (Wildman–Crippen MR) is 91.7 cm³/mol. The minimum Gasteiger partial charge on any atom is -0.379 e. The van der Waals surface area contributed by atoms with Crippen molar-refractivity contribution in [3.63, 3.8) is 0 Å². The summed E-state index contributed by atoms with van der Waals surface area (Å²) in [5.74, 6) is -0.632. The van der Waals surface area contributed by atoms with E-state index in [0.29, 0.717) is 19.5 Å². The van der Waals surface area contributed by atoms with Gasteiger partial charge in [0.2, 0.25) is 0 Å². The molecule has 1 aromatic carbocycles. The van der Waals surface area contributed by atoms with Crippen molar-refractivity contribution < 1.29 is 9.90 Å². The first-order valence-corrected chi connectivity index (χ1v) is 8.25. The molecule has 1 aliphatic heterocycles. The number of primary amides is 1. The first-order valence-electron chi connectivity index (χ1n) is 8.25. The number of nitrogens with zero attached hydrogens (tertiary/aromatic N) is 3. The molecule has 1 atom stereocenters. The summed E-state index contributed by atoms with van der Waals surface area (Å²) in [4.78, 5) is 13.5. The van der Waals surface area contributed by atoms with Crippen LogP contribution in [0.25, 0.3) is 5.69 Å². The van der Waals surface area contributed by atoms with Gasteiger partial charge in [0.25, 0.3) is 5.91 Å². The molecule has 3 rings (SSSR count). The second-order valence-electron chi connectivity index (χ2n) is 6.72. The lowest BCUT2D eigenvalue weighted by Gasteiger charge is -2.37. The Labute approximate surface area is 141 Å². The highest BCUT2D eigenvalue weighted by molar-refractivity contribution is 5.83. The van der Waals surface area contributed by atoms with Gasteiger partial charge in [0, 0.05) is 18.8 Å². The summed E-state index contributed by atoms with van der Waals surface area (Å²) in [6.07, 6.45) is 1.21. The molecular formula is C18H24N4O2. The minimum absolute atomic E-state index is 0.293. The fourth-order valence-electron chi connectivity index (χ4n) is 3.35. The quantitative estimate of drug-likeness (QED) is 0.886. The lowest BCUT2D eigenvalue weighted by molar-refractivity contribution is -0.142. The number of aromatic nitrogens is 2. The molecular weight excluding hydrogens is 304 g/mol. The smallest absolute Gasteiger partial charge is 0.250 e. The zero-order chi connectivity index (χ0) is 17.3. The van der Waals surface area contributed by atoms with E-state index in [9.17, 15) is 9.90 Å². The van der Waals surface area contributed by atoms with Crippen LogP contribution in [0.1, 0.15) is 29.8 Å². The number of β-amino-alcohol motifs (C(OH)–C–C–N with tert-alkyl or cyclic N) is 1. The molecule has 24 heavy (non-hydrogen) atoms. The molecule has 0 unspecified atom stereocenters. The number of carbonyl (C=O) groups is 1. The van der Waals surface area contributed by atoms with Crippen molar-refractivity contribution in [1.29, 1.82) is 0 Å². The normalized spacial score (nSPS) is 21.8. The number of benzene rings is 1. The van der Waals surface area contributed by atoms with Gasteiger partial charge in [0.1, 0.15) is 0 Å². The molecule has 2 aromatic rings. The van der Waals surface area contributed by atoms with E-state index in [1.807, 2.05) is 36.7 Å². The maximum Gasteiger partial charge on any atom is 0.250 e. The molecule has 3 N–H and O–H groups in total. The van der Waals surface area contributed by atoms with Crippen molar-refractivity contribution in [3.8, 4) is 5.69 Å². The summed E-state index contributed by atoms with van der Waals surface area (Å²) in [7, 11) is 0. The average molecular weight is 328 g/mol. The Kier molecular flexibility index (Phi) is 4.43. The van der Waals surface area contributed by atoms with E-state index in [0.717, 1.165) is 35.6 Å². The van der Waals surface area contributed by atoms with Gasteiger partial charge >= 0.3 is 0 Å². The highest BCUT2D eigenvalue weighted by Crippen LogP contribution is 2.23. The number of aliphatic hydroxyl groups is 1. The fraction of sp³-hybridized carbons (Fsp3) is 0.444. The number of nitrogens with two attached hydrogens (primary N) is 1. The molecule has 1 amide bonds. The maximum absolute atomic E-state index is 11.4. The third-order valence-corrected chi connectivity index (χ3v) is 4.61. The first kappa shape index (κ1) is 16.7. The van der Waals surface area contributed by atoms with Gasteiger partial charge < -0.3 is 10.8 Å². The van der Waals surface area contributed by atoms with Crippen LogP contribution in [0.15, 0.2) is 30.3 Å². The van der Waals surface area contributed by atoms with E-state index in [2.05, 4.69) is 22.1 Å². The Morgan fingerprint density at radius 2 is 2.04 bits per heavy atom. The van der Waals surface area contributed by atoms with Gasteiger partial charge in [0.15, 0.2) is 5.60 Å². The molecule has 6 nitrogen and oxygen atoms in total. The summed E-state index contributed by atoms with van der Waals surface area (Å²) < 4.78 is 1.92. The highest BCUT2D eigenvalue weighted by Gasteiger charge is 2.38. The predicted octanol–water partition coefficient (Wildman–Crippen LogP) is 1.30. The third kappa shape index (κ3) is 3.34. The van der Waals surface area contributed by atoms with Gasteiger partial charge in [-0.2, -0.15) is 5.10 Å². The van der Waals surface area contributed by atoms with E-state index in [4.69, 9.17) is 5.73 Å². The van der Waals surface area contributed by atoms with Crippen LogP contribution in [-0.2, 0) is 11.3 Å². The van der Waals surface area contributed by atoms with Crippen molar-refractivity contribution in [3.05, 3.63) is 47.3 Å². The molecule has 1 fully saturated rings. The molecule has 0 radical (unpaired) electrons. The number of carbonyl (C=O) groups excluding carboxylic acids is 1. The Bertz CT molecular complexity index is 738. The number of amides is 1. The second kappa shape index (κ2) is 6.37. The SMILES string of the molecule is Cc1cc(C)n(-c2ccc(CN3CCC[C@](O)(C(N)=O)C3)cc2)n1. The number of rotatable bonds is 4. The van der Waals surface area contributed by atoms with Crippen molar-refractivity contribution >= 4 is 5.91 Å². The van der Waals surface area contributed by atoms with Crippen LogP contribution in [-0.4, -0.2) is 44.4 Å². The standard InChI is InChI=1S/C18H24N4O2/c1-13-10-14(2)22(20-13)16-6-4-15(5-7-16)11-21-9-3-8-18(24,12-21)17(19)23/h4-7,10,24H,3,8-9,11-12H2,1-2H3,(H2,19,23)/t18-/m1/s1. The molecule has 2 heterocycles. The molecule has 1 aromatic heterocycles. The van der Waals surface area contributed by atoms with Gasteiger partial charge in [-0.25, -0.2) is 4.68 Å². The number of likely N-dealkylation sites (tertiary alicyclic amines) is 1. The zero-order valence-electron chi connectivity index (χ0n) is 14.2. The van der Waals surface area contributed by atoms with Crippen molar-refractivity contribution in [2.45, 2.75) is 38.8 Å². The maximum atomic E-state index is 11.4. The topological polar surface area (TPSA) is 84.4 Å². The molecule has 0 bridgehead atoms. The molecule has 0 saturated carbocycles. The molecule has 1 saturated heterocycles. The molecule has 128 valence electrons. The van der Waals surface area contributed by atoms with Crippen molar-refractivity contribution in [1.82, 2.24) is 14.7 Å². The molecule has 1 aliphatic rings. The van der Waals surface area contributed by atoms with Crippen LogP contribution in [0.3, 0.4) is 0 Å². The second-order valence-corrected chi connectivity index (χ2v) is 6.72. The molecule has 0 spiro atoms. The van der Waals surface area contributed by atoms with Gasteiger partial charge in [-0.15, -0.1) is 0 Å².